The first kappa shape index (κ1) is 20.4. The molecule has 1 heterocycles. The van der Waals surface area contributed by atoms with E-state index in [4.69, 9.17) is 11.6 Å². The van der Waals surface area contributed by atoms with Gasteiger partial charge in [0.2, 0.25) is 5.91 Å². The van der Waals surface area contributed by atoms with E-state index >= 15 is 0 Å². The summed E-state index contributed by atoms with van der Waals surface area (Å²) < 4.78 is 1.95. The molecule has 5 nitrogen and oxygen atoms in total. The van der Waals surface area contributed by atoms with Gasteiger partial charge < -0.3 is 9.47 Å². The molecule has 0 radical (unpaired) electrons. The van der Waals surface area contributed by atoms with Crippen LogP contribution in [0.2, 0.25) is 5.02 Å². The lowest BCUT2D eigenvalue weighted by Crippen LogP contribution is -2.61. The van der Waals surface area contributed by atoms with E-state index < -0.39 is 0 Å². The third-order valence-corrected chi connectivity index (χ3v) is 8.77. The summed E-state index contributed by atoms with van der Waals surface area (Å²) in [6.07, 6.45) is 7.63. The molecule has 1 aromatic carbocycles. The number of benzene rings is 1. The standard InChI is InChI=1S/C23H29ClN4OS/c1-15-25-26-22(27(15)2)30-14-21(29)28(13-16-3-5-20(24)6-4-16)23-10-17-7-18(11-23)9-19(8-17)12-23/h3-6,17-19H,7-14H2,1-2H3. The summed E-state index contributed by atoms with van der Waals surface area (Å²) in [5, 5.41) is 9.89. The molecule has 4 saturated carbocycles. The summed E-state index contributed by atoms with van der Waals surface area (Å²) in [7, 11) is 1.95. The summed E-state index contributed by atoms with van der Waals surface area (Å²) in [6.45, 7) is 2.60. The van der Waals surface area contributed by atoms with Gasteiger partial charge in [0.15, 0.2) is 5.16 Å². The predicted molar refractivity (Wildman–Crippen MR) is 119 cm³/mol. The highest BCUT2D eigenvalue weighted by molar-refractivity contribution is 7.99. The molecule has 0 spiro atoms. The largest absolute Gasteiger partial charge is 0.332 e. The molecule has 160 valence electrons. The van der Waals surface area contributed by atoms with E-state index in [2.05, 4.69) is 27.2 Å². The molecular formula is C23H29ClN4OS. The number of carbonyl (C=O) groups is 1. The van der Waals surface area contributed by atoms with Gasteiger partial charge in [0.25, 0.3) is 0 Å². The van der Waals surface area contributed by atoms with Crippen LogP contribution in [0.25, 0.3) is 0 Å². The van der Waals surface area contributed by atoms with Gasteiger partial charge in [-0.1, -0.05) is 35.5 Å². The Kier molecular flexibility index (Phi) is 5.34. The predicted octanol–water partition coefficient (Wildman–Crippen LogP) is 4.87. The van der Waals surface area contributed by atoms with Crippen molar-refractivity contribution >= 4 is 29.3 Å². The Morgan fingerprint density at radius 2 is 1.73 bits per heavy atom. The normalized spacial score (nSPS) is 29.4. The lowest BCUT2D eigenvalue weighted by Gasteiger charge is -2.60. The van der Waals surface area contributed by atoms with Gasteiger partial charge in [-0.2, -0.15) is 0 Å². The Morgan fingerprint density at radius 1 is 1.13 bits per heavy atom. The van der Waals surface area contributed by atoms with Crippen LogP contribution in [0.1, 0.15) is 49.9 Å². The fourth-order valence-electron chi connectivity index (χ4n) is 6.41. The third-order valence-electron chi connectivity index (χ3n) is 7.51. The highest BCUT2D eigenvalue weighted by Gasteiger charge is 2.54. The van der Waals surface area contributed by atoms with Crippen molar-refractivity contribution in [2.24, 2.45) is 24.8 Å². The molecule has 6 rings (SSSR count). The number of thioether (sulfide) groups is 1. The topological polar surface area (TPSA) is 51.0 Å². The Morgan fingerprint density at radius 3 is 2.27 bits per heavy atom. The molecule has 4 bridgehead atoms. The molecule has 0 atom stereocenters. The molecular weight excluding hydrogens is 416 g/mol. The summed E-state index contributed by atoms with van der Waals surface area (Å²) in [5.41, 5.74) is 1.19. The maximum atomic E-state index is 13.6. The molecule has 0 unspecified atom stereocenters. The van der Waals surface area contributed by atoms with Gasteiger partial charge in [-0.25, -0.2) is 0 Å². The number of aromatic nitrogens is 3. The van der Waals surface area contributed by atoms with E-state index in [-0.39, 0.29) is 11.4 Å². The van der Waals surface area contributed by atoms with Crippen LogP contribution < -0.4 is 0 Å². The van der Waals surface area contributed by atoms with Crippen LogP contribution in [0.3, 0.4) is 0 Å². The van der Waals surface area contributed by atoms with Crippen LogP contribution in [-0.4, -0.2) is 36.9 Å². The maximum Gasteiger partial charge on any atom is 0.233 e. The lowest BCUT2D eigenvalue weighted by atomic mass is 9.52. The van der Waals surface area contributed by atoms with Crippen LogP contribution in [0.15, 0.2) is 29.4 Å². The minimum atomic E-state index is 0.0296. The van der Waals surface area contributed by atoms with Gasteiger partial charge in [-0.05, 0) is 80.9 Å². The van der Waals surface area contributed by atoms with Crippen molar-refractivity contribution in [2.45, 2.75) is 62.7 Å². The number of nitrogens with zero attached hydrogens (tertiary/aromatic N) is 4. The first-order valence-corrected chi connectivity index (χ1v) is 12.3. The van der Waals surface area contributed by atoms with Gasteiger partial charge in [-0.3, -0.25) is 4.79 Å². The smallest absolute Gasteiger partial charge is 0.233 e. The molecule has 7 heteroatoms. The number of halogens is 1. The SMILES string of the molecule is Cc1nnc(SCC(=O)N(Cc2ccc(Cl)cc2)C23CC4CC(CC(C4)C2)C3)n1C. The second-order valence-corrected chi connectivity index (χ2v) is 11.0. The minimum Gasteiger partial charge on any atom is -0.332 e. The van der Waals surface area contributed by atoms with E-state index in [0.717, 1.165) is 39.3 Å². The average molecular weight is 445 g/mol. The summed E-state index contributed by atoms with van der Waals surface area (Å²) in [5.74, 6) is 3.88. The van der Waals surface area contributed by atoms with E-state index in [1.807, 2.05) is 30.7 Å². The van der Waals surface area contributed by atoms with Crippen LogP contribution in [0, 0.1) is 24.7 Å². The van der Waals surface area contributed by atoms with Crippen molar-refractivity contribution in [2.75, 3.05) is 5.75 Å². The van der Waals surface area contributed by atoms with E-state index in [1.165, 1.54) is 50.3 Å². The fourth-order valence-corrected chi connectivity index (χ4v) is 7.36. The van der Waals surface area contributed by atoms with E-state index in [9.17, 15) is 4.79 Å². The second kappa shape index (κ2) is 7.86. The molecule has 30 heavy (non-hydrogen) atoms. The summed E-state index contributed by atoms with van der Waals surface area (Å²) >= 11 is 7.60. The van der Waals surface area contributed by atoms with Gasteiger partial charge in [0, 0.05) is 24.2 Å². The summed E-state index contributed by atoms with van der Waals surface area (Å²) in [6, 6.07) is 7.97. The van der Waals surface area contributed by atoms with Crippen molar-refractivity contribution in [3.05, 3.63) is 40.7 Å². The first-order chi connectivity index (χ1) is 14.4. The van der Waals surface area contributed by atoms with Crippen molar-refractivity contribution in [1.82, 2.24) is 19.7 Å². The maximum absolute atomic E-state index is 13.6. The van der Waals surface area contributed by atoms with Crippen LogP contribution in [0.4, 0.5) is 0 Å². The molecule has 4 fully saturated rings. The molecule has 0 saturated heterocycles. The average Bonchev–Trinajstić information content (AvgIpc) is 3.02. The number of hydrogen-bond acceptors (Lipinski definition) is 4. The highest BCUT2D eigenvalue weighted by Crippen LogP contribution is 2.58. The number of hydrogen-bond donors (Lipinski definition) is 0. The van der Waals surface area contributed by atoms with Crippen LogP contribution in [0.5, 0.6) is 0 Å². The Labute approximate surface area is 187 Å². The quantitative estimate of drug-likeness (QED) is 0.596. The third kappa shape index (κ3) is 3.77. The van der Waals surface area contributed by atoms with E-state index in [1.54, 1.807) is 0 Å². The zero-order chi connectivity index (χ0) is 20.9. The van der Waals surface area contributed by atoms with Gasteiger partial charge in [0.05, 0.1) is 5.75 Å². The molecule has 1 aromatic heterocycles. The Bertz CT molecular complexity index is 906. The molecule has 4 aliphatic rings. The molecule has 0 N–H and O–H groups in total. The second-order valence-electron chi connectivity index (χ2n) is 9.63. The molecule has 1 amide bonds. The van der Waals surface area contributed by atoms with Crippen molar-refractivity contribution < 1.29 is 4.79 Å². The summed E-state index contributed by atoms with van der Waals surface area (Å²) in [4.78, 5) is 15.9. The highest BCUT2D eigenvalue weighted by atomic mass is 35.5. The lowest BCUT2D eigenvalue weighted by molar-refractivity contribution is -0.149. The number of rotatable bonds is 6. The number of carbonyl (C=O) groups excluding carboxylic acids is 1. The zero-order valence-electron chi connectivity index (χ0n) is 17.7. The zero-order valence-corrected chi connectivity index (χ0v) is 19.3. The molecule has 2 aromatic rings. The fraction of sp³-hybridized carbons (Fsp3) is 0.609. The van der Waals surface area contributed by atoms with Gasteiger partial charge in [0.1, 0.15) is 5.82 Å². The monoisotopic (exact) mass is 444 g/mol. The van der Waals surface area contributed by atoms with Crippen LogP contribution >= 0.6 is 23.4 Å². The Balaban J connectivity index is 1.40. The van der Waals surface area contributed by atoms with Gasteiger partial charge in [-0.15, -0.1) is 10.2 Å². The number of aryl methyl sites for hydroxylation is 1. The van der Waals surface area contributed by atoms with Crippen molar-refractivity contribution in [1.29, 1.82) is 0 Å². The van der Waals surface area contributed by atoms with Crippen molar-refractivity contribution in [3.63, 3.8) is 0 Å². The Hall–Kier alpha value is -1.53. The van der Waals surface area contributed by atoms with Gasteiger partial charge >= 0.3 is 0 Å². The van der Waals surface area contributed by atoms with Crippen LogP contribution in [-0.2, 0) is 18.4 Å². The van der Waals surface area contributed by atoms with E-state index in [0.29, 0.717) is 12.3 Å². The molecule has 0 aliphatic heterocycles. The first-order valence-electron chi connectivity index (χ1n) is 11.0. The molecule has 4 aliphatic carbocycles. The van der Waals surface area contributed by atoms with Crippen molar-refractivity contribution in [3.8, 4) is 0 Å². The number of amides is 1. The minimum absolute atomic E-state index is 0.0296.